The summed E-state index contributed by atoms with van der Waals surface area (Å²) >= 11 is 6.19. The molecule has 1 unspecified atom stereocenters. The summed E-state index contributed by atoms with van der Waals surface area (Å²) in [6.45, 7) is 12.1. The number of rotatable bonds is 7. The molecule has 3 aromatic carbocycles. The predicted octanol–water partition coefficient (Wildman–Crippen LogP) is 8.31. The average molecular weight is 572 g/mol. The molecular weight excluding hydrogens is 526 g/mol. The van der Waals surface area contributed by atoms with E-state index in [0.29, 0.717) is 12.0 Å². The first-order valence-corrected chi connectivity index (χ1v) is 16.2. The molecule has 0 radical (unpaired) electrons. The van der Waals surface area contributed by atoms with Crippen molar-refractivity contribution in [2.45, 2.75) is 77.8 Å². The van der Waals surface area contributed by atoms with Crippen molar-refractivity contribution in [1.29, 1.82) is 0 Å². The number of anilines is 1. The zero-order valence-corrected chi connectivity index (χ0v) is 25.9. The molecule has 0 N–H and O–H groups in total. The molecule has 1 amide bonds. The zero-order valence-electron chi connectivity index (χ0n) is 25.1. The summed E-state index contributed by atoms with van der Waals surface area (Å²) in [6, 6.07) is 24.4. The van der Waals surface area contributed by atoms with E-state index >= 15 is 0 Å². The highest BCUT2D eigenvalue weighted by Crippen LogP contribution is 2.34. The molecule has 1 saturated carbocycles. The van der Waals surface area contributed by atoms with Crippen LogP contribution < -0.4 is 4.90 Å². The molecule has 2 aliphatic heterocycles. The molecule has 1 aliphatic carbocycles. The summed E-state index contributed by atoms with van der Waals surface area (Å²) in [6.07, 6.45) is 7.23. The van der Waals surface area contributed by atoms with Gasteiger partial charge in [-0.1, -0.05) is 92.7 Å². The third-order valence-corrected chi connectivity index (χ3v) is 9.42. The average Bonchev–Trinajstić information content (AvgIpc) is 3.36. The van der Waals surface area contributed by atoms with Crippen LogP contribution in [0.2, 0.25) is 5.02 Å². The molecule has 4 nitrogen and oxygen atoms in total. The lowest BCUT2D eigenvalue weighted by Gasteiger charge is -2.37. The second-order valence-corrected chi connectivity index (χ2v) is 12.1. The van der Waals surface area contributed by atoms with Gasteiger partial charge in [-0.2, -0.15) is 0 Å². The molecule has 3 aliphatic rings. The minimum Gasteiger partial charge on any atom is -0.369 e. The van der Waals surface area contributed by atoms with E-state index in [1.165, 1.54) is 47.2 Å². The maximum atomic E-state index is 13.3. The number of carbonyl (C=O) groups excluding carboxylic acids is 1. The number of hydrogen-bond donors (Lipinski definition) is 0. The molecule has 0 spiro atoms. The molecule has 1 atom stereocenters. The fraction of sp³-hybridized carbons (Fsp3) is 0.472. The lowest BCUT2D eigenvalue weighted by Crippen LogP contribution is -2.46. The minimum absolute atomic E-state index is 0.252. The summed E-state index contributed by atoms with van der Waals surface area (Å²) in [5.74, 6) is 0.609. The van der Waals surface area contributed by atoms with E-state index in [1.54, 1.807) is 0 Å². The van der Waals surface area contributed by atoms with E-state index in [-0.39, 0.29) is 5.91 Å². The molecule has 1 saturated heterocycles. The number of amides is 1. The Bertz CT molecular complexity index is 1230. The molecule has 2 fully saturated rings. The summed E-state index contributed by atoms with van der Waals surface area (Å²) < 4.78 is 0. The largest absolute Gasteiger partial charge is 0.369 e. The van der Waals surface area contributed by atoms with Gasteiger partial charge in [0.1, 0.15) is 0 Å². The van der Waals surface area contributed by atoms with Gasteiger partial charge in [-0.15, -0.1) is 0 Å². The van der Waals surface area contributed by atoms with Gasteiger partial charge in [-0.25, -0.2) is 0 Å². The smallest absolute Gasteiger partial charge is 0.254 e. The van der Waals surface area contributed by atoms with Crippen LogP contribution in [0.15, 0.2) is 66.7 Å². The minimum atomic E-state index is 0.252. The van der Waals surface area contributed by atoms with Gasteiger partial charge in [-0.3, -0.25) is 9.69 Å². The fourth-order valence-corrected chi connectivity index (χ4v) is 6.88. The lowest BCUT2D eigenvalue weighted by atomic mass is 9.88. The van der Waals surface area contributed by atoms with E-state index in [4.69, 9.17) is 11.6 Å². The van der Waals surface area contributed by atoms with Gasteiger partial charge >= 0.3 is 0 Å². The first kappa shape index (κ1) is 29.7. The Hall–Kier alpha value is -2.82. The Morgan fingerprint density at radius 1 is 0.829 bits per heavy atom. The standard InChI is InChI=1S/C34H40ClN3O.C2H6/c1-25-7-9-26(10-8-25)32(27-11-14-29(35)15-12-27)17-18-36-19-21-37(22-20-36)31-16-13-28-24-38(34(39)33(28)23-31)30-5-3-2-4-6-30;1-2/h7-16,23,30,32H,2-6,17-22,24H2,1H3;1-2H3. The van der Waals surface area contributed by atoms with Crippen LogP contribution in [-0.4, -0.2) is 54.5 Å². The van der Waals surface area contributed by atoms with E-state index in [1.807, 2.05) is 26.0 Å². The summed E-state index contributed by atoms with van der Waals surface area (Å²) in [4.78, 5) is 20.5. The van der Waals surface area contributed by atoms with Crippen LogP contribution in [0.1, 0.15) is 90.9 Å². The Morgan fingerprint density at radius 3 is 2.12 bits per heavy atom. The Kier molecular flexibility index (Phi) is 10.1. The van der Waals surface area contributed by atoms with E-state index < -0.39 is 0 Å². The molecular formula is C36H46ClN3O. The van der Waals surface area contributed by atoms with Crippen molar-refractivity contribution in [3.63, 3.8) is 0 Å². The van der Waals surface area contributed by atoms with Crippen LogP contribution in [0, 0.1) is 6.92 Å². The first-order chi connectivity index (χ1) is 20.0. The van der Waals surface area contributed by atoms with Crippen LogP contribution in [-0.2, 0) is 6.54 Å². The highest BCUT2D eigenvalue weighted by atomic mass is 35.5. The zero-order chi connectivity index (χ0) is 28.8. The Balaban J connectivity index is 0.00000165. The van der Waals surface area contributed by atoms with Crippen LogP contribution >= 0.6 is 11.6 Å². The van der Waals surface area contributed by atoms with E-state index in [0.717, 1.165) is 69.1 Å². The van der Waals surface area contributed by atoms with Gasteiger partial charge in [0, 0.05) is 61.0 Å². The predicted molar refractivity (Wildman–Crippen MR) is 172 cm³/mol. The SMILES string of the molecule is CC.Cc1ccc(C(CCN2CCN(c3ccc4c(c3)C(=O)N(C3CCCCC3)C4)CC2)c2ccc(Cl)cc2)cc1. The number of carbonyl (C=O) groups is 1. The van der Waals surface area contributed by atoms with Crippen molar-refractivity contribution in [1.82, 2.24) is 9.80 Å². The number of fused-ring (bicyclic) bond motifs is 1. The quantitative estimate of drug-likeness (QED) is 0.285. The summed E-state index contributed by atoms with van der Waals surface area (Å²) in [7, 11) is 0. The van der Waals surface area contributed by atoms with Crippen molar-refractivity contribution >= 4 is 23.2 Å². The van der Waals surface area contributed by atoms with Gasteiger partial charge in [0.25, 0.3) is 5.91 Å². The molecule has 2 heterocycles. The third kappa shape index (κ3) is 6.98. The summed E-state index contributed by atoms with van der Waals surface area (Å²) in [5, 5.41) is 0.785. The Morgan fingerprint density at radius 2 is 1.46 bits per heavy atom. The van der Waals surface area contributed by atoms with Gasteiger partial charge in [0.2, 0.25) is 0 Å². The van der Waals surface area contributed by atoms with Crippen LogP contribution in [0.3, 0.4) is 0 Å². The number of nitrogens with zero attached hydrogens (tertiary/aromatic N) is 3. The second-order valence-electron chi connectivity index (χ2n) is 11.7. The number of piperazine rings is 1. The highest BCUT2D eigenvalue weighted by molar-refractivity contribution is 6.30. The molecule has 3 aromatic rings. The lowest BCUT2D eigenvalue weighted by molar-refractivity contribution is 0.0660. The van der Waals surface area contributed by atoms with Crippen molar-refractivity contribution < 1.29 is 4.79 Å². The molecule has 0 aromatic heterocycles. The van der Waals surface area contributed by atoms with Crippen LogP contribution in [0.5, 0.6) is 0 Å². The molecule has 218 valence electrons. The number of benzene rings is 3. The summed E-state index contributed by atoms with van der Waals surface area (Å²) in [5.41, 5.74) is 7.32. The topological polar surface area (TPSA) is 26.8 Å². The Labute approximate surface area is 252 Å². The number of hydrogen-bond acceptors (Lipinski definition) is 3. The molecule has 6 rings (SSSR count). The van der Waals surface area contributed by atoms with Crippen molar-refractivity contribution in [2.24, 2.45) is 0 Å². The highest BCUT2D eigenvalue weighted by Gasteiger charge is 2.34. The monoisotopic (exact) mass is 571 g/mol. The third-order valence-electron chi connectivity index (χ3n) is 9.16. The maximum Gasteiger partial charge on any atom is 0.254 e. The van der Waals surface area contributed by atoms with Gasteiger partial charge in [0.15, 0.2) is 0 Å². The van der Waals surface area contributed by atoms with Crippen molar-refractivity contribution in [2.75, 3.05) is 37.6 Å². The fourth-order valence-electron chi connectivity index (χ4n) is 6.76. The first-order valence-electron chi connectivity index (χ1n) is 15.8. The number of aryl methyl sites for hydroxylation is 1. The van der Waals surface area contributed by atoms with Crippen LogP contribution in [0.4, 0.5) is 5.69 Å². The number of halogens is 1. The van der Waals surface area contributed by atoms with Crippen LogP contribution in [0.25, 0.3) is 0 Å². The second kappa shape index (κ2) is 13.9. The molecule has 5 heteroatoms. The van der Waals surface area contributed by atoms with Gasteiger partial charge < -0.3 is 9.80 Å². The van der Waals surface area contributed by atoms with Crippen molar-refractivity contribution in [3.8, 4) is 0 Å². The maximum absolute atomic E-state index is 13.3. The molecule has 0 bridgehead atoms. The van der Waals surface area contributed by atoms with Gasteiger partial charge in [-0.05, 0) is 73.7 Å². The van der Waals surface area contributed by atoms with Gasteiger partial charge in [0.05, 0.1) is 0 Å². The van der Waals surface area contributed by atoms with E-state index in [2.05, 4.69) is 76.2 Å². The van der Waals surface area contributed by atoms with Crippen molar-refractivity contribution in [3.05, 3.63) is 99.6 Å². The molecule has 41 heavy (non-hydrogen) atoms. The van der Waals surface area contributed by atoms with E-state index in [9.17, 15) is 4.79 Å². The normalized spacial score (nSPS) is 18.6.